The van der Waals surface area contributed by atoms with Crippen LogP contribution in [0.2, 0.25) is 0 Å². The summed E-state index contributed by atoms with van der Waals surface area (Å²) in [4.78, 5) is 14.5. The first-order valence-corrected chi connectivity index (χ1v) is 5.45. The van der Waals surface area contributed by atoms with E-state index in [9.17, 15) is 4.79 Å². The van der Waals surface area contributed by atoms with Crippen LogP contribution in [0.15, 0.2) is 4.99 Å². The average molecular weight is 230 g/mol. The Kier molecular flexibility index (Phi) is 7.28. The highest BCUT2D eigenvalue weighted by Crippen LogP contribution is 1.93. The van der Waals surface area contributed by atoms with Crippen LogP contribution in [0.4, 0.5) is 0 Å². The van der Waals surface area contributed by atoms with Crippen molar-refractivity contribution >= 4 is 11.9 Å². The second-order valence-electron chi connectivity index (χ2n) is 4.13. The number of carbonyl (C=O) groups is 1. The van der Waals surface area contributed by atoms with Crippen molar-refractivity contribution in [3.8, 4) is 0 Å². The van der Waals surface area contributed by atoms with Gasteiger partial charge in [0.05, 0.1) is 0 Å². The van der Waals surface area contributed by atoms with E-state index in [4.69, 9.17) is 16.6 Å². The van der Waals surface area contributed by atoms with Gasteiger partial charge in [0.15, 0.2) is 5.96 Å². The van der Waals surface area contributed by atoms with E-state index >= 15 is 0 Å². The van der Waals surface area contributed by atoms with E-state index in [1.807, 2.05) is 0 Å². The van der Waals surface area contributed by atoms with Gasteiger partial charge in [-0.3, -0.25) is 9.79 Å². The lowest BCUT2D eigenvalue weighted by Crippen LogP contribution is -2.35. The van der Waals surface area contributed by atoms with E-state index in [1.54, 1.807) is 0 Å². The van der Waals surface area contributed by atoms with Gasteiger partial charge >= 0.3 is 5.97 Å². The van der Waals surface area contributed by atoms with Gasteiger partial charge in [-0.1, -0.05) is 13.8 Å². The van der Waals surface area contributed by atoms with E-state index < -0.39 is 12.0 Å². The highest BCUT2D eigenvalue weighted by Gasteiger charge is 2.09. The molecule has 94 valence electrons. The molecule has 6 N–H and O–H groups in total. The van der Waals surface area contributed by atoms with Gasteiger partial charge in [0.1, 0.15) is 6.04 Å². The molecular formula is C10H22N4O2. The Bertz CT molecular complexity index is 241. The summed E-state index contributed by atoms with van der Waals surface area (Å²) in [5.74, 6) is -0.0974. The summed E-state index contributed by atoms with van der Waals surface area (Å²) in [5.41, 5.74) is 10.9. The molecule has 0 aliphatic heterocycles. The Morgan fingerprint density at radius 1 is 1.50 bits per heavy atom. The summed E-state index contributed by atoms with van der Waals surface area (Å²) in [6.45, 7) is 5.40. The number of nitrogens with one attached hydrogen (secondary N) is 1. The molecule has 0 spiro atoms. The number of carboxylic acid groups (broad SMARTS) is 1. The quantitative estimate of drug-likeness (QED) is 0.273. The topological polar surface area (TPSA) is 114 Å². The van der Waals surface area contributed by atoms with Crippen LogP contribution in [0.5, 0.6) is 0 Å². The molecule has 0 saturated heterocycles. The van der Waals surface area contributed by atoms with Crippen molar-refractivity contribution in [2.45, 2.75) is 32.7 Å². The first kappa shape index (κ1) is 14.7. The fraction of sp³-hybridized carbons (Fsp3) is 0.800. The second-order valence-corrected chi connectivity index (χ2v) is 4.13. The first-order valence-electron chi connectivity index (χ1n) is 5.45. The zero-order valence-electron chi connectivity index (χ0n) is 9.94. The van der Waals surface area contributed by atoms with E-state index in [0.29, 0.717) is 37.8 Å². The summed E-state index contributed by atoms with van der Waals surface area (Å²) in [6, 6.07) is -0.796. The minimum Gasteiger partial charge on any atom is -0.480 e. The second kappa shape index (κ2) is 7.92. The molecule has 0 fully saturated rings. The number of hydrogen-bond acceptors (Lipinski definition) is 3. The SMILES string of the molecule is CC(C)CN=C(N)NCCC[C@H](N)C(=O)O. The minimum atomic E-state index is -0.971. The van der Waals surface area contributed by atoms with Crippen molar-refractivity contribution in [1.29, 1.82) is 0 Å². The normalized spacial score (nSPS) is 13.9. The van der Waals surface area contributed by atoms with Gasteiger partial charge in [0, 0.05) is 13.1 Å². The Labute approximate surface area is 96.1 Å². The lowest BCUT2D eigenvalue weighted by Gasteiger charge is -2.08. The van der Waals surface area contributed by atoms with Crippen LogP contribution in [-0.4, -0.2) is 36.2 Å². The third-order valence-corrected chi connectivity index (χ3v) is 1.94. The van der Waals surface area contributed by atoms with E-state index in [-0.39, 0.29) is 0 Å². The maximum absolute atomic E-state index is 10.4. The van der Waals surface area contributed by atoms with Crippen LogP contribution in [-0.2, 0) is 4.79 Å². The van der Waals surface area contributed by atoms with Crippen molar-refractivity contribution in [3.05, 3.63) is 0 Å². The molecule has 16 heavy (non-hydrogen) atoms. The van der Waals surface area contributed by atoms with Crippen molar-refractivity contribution in [2.75, 3.05) is 13.1 Å². The van der Waals surface area contributed by atoms with E-state index in [2.05, 4.69) is 24.2 Å². The maximum Gasteiger partial charge on any atom is 0.320 e. The van der Waals surface area contributed by atoms with Gasteiger partial charge in [0.25, 0.3) is 0 Å². The zero-order valence-corrected chi connectivity index (χ0v) is 9.94. The summed E-state index contributed by atoms with van der Waals surface area (Å²) >= 11 is 0. The zero-order chi connectivity index (χ0) is 12.6. The number of aliphatic carboxylic acids is 1. The lowest BCUT2D eigenvalue weighted by atomic mass is 10.2. The standard InChI is InChI=1S/C10H22N4O2/c1-7(2)6-14-10(12)13-5-3-4-8(11)9(15)16/h7-8H,3-6,11H2,1-2H3,(H,15,16)(H3,12,13,14)/t8-/m0/s1. The molecule has 1 atom stereocenters. The predicted octanol–water partition coefficient (Wildman–Crippen LogP) is -0.261. The third kappa shape index (κ3) is 8.05. The maximum atomic E-state index is 10.4. The van der Waals surface area contributed by atoms with Crippen LogP contribution in [0, 0.1) is 5.92 Å². The summed E-state index contributed by atoms with van der Waals surface area (Å²) < 4.78 is 0. The van der Waals surface area contributed by atoms with E-state index in [1.165, 1.54) is 0 Å². The summed E-state index contributed by atoms with van der Waals surface area (Å²) in [6.07, 6.45) is 1.09. The van der Waals surface area contributed by atoms with Crippen molar-refractivity contribution < 1.29 is 9.90 Å². The fourth-order valence-electron chi connectivity index (χ4n) is 0.999. The van der Waals surface area contributed by atoms with E-state index in [0.717, 1.165) is 0 Å². The summed E-state index contributed by atoms with van der Waals surface area (Å²) in [7, 11) is 0. The Balaban J connectivity index is 3.58. The molecule has 0 rings (SSSR count). The van der Waals surface area contributed by atoms with Crippen molar-refractivity contribution in [1.82, 2.24) is 5.32 Å². The average Bonchev–Trinajstić information content (AvgIpc) is 2.20. The molecule has 0 unspecified atom stereocenters. The minimum absolute atomic E-state index is 0.401. The number of aliphatic imine (C=N–C) groups is 1. The van der Waals surface area contributed by atoms with Gasteiger partial charge in [-0.05, 0) is 18.8 Å². The number of carboxylic acids is 1. The Hall–Kier alpha value is -1.30. The van der Waals surface area contributed by atoms with Crippen LogP contribution in [0.3, 0.4) is 0 Å². The molecule has 0 aromatic carbocycles. The van der Waals surface area contributed by atoms with Crippen LogP contribution < -0.4 is 16.8 Å². The number of nitrogens with zero attached hydrogens (tertiary/aromatic N) is 1. The van der Waals surface area contributed by atoms with Gasteiger partial charge in [-0.2, -0.15) is 0 Å². The molecule has 0 aromatic heterocycles. The fourth-order valence-corrected chi connectivity index (χ4v) is 0.999. The molecule has 0 aliphatic carbocycles. The Morgan fingerprint density at radius 3 is 2.62 bits per heavy atom. The van der Waals surface area contributed by atoms with Gasteiger partial charge < -0.3 is 21.9 Å². The molecule has 6 nitrogen and oxygen atoms in total. The first-order chi connectivity index (χ1) is 7.43. The largest absolute Gasteiger partial charge is 0.480 e. The summed E-state index contributed by atoms with van der Waals surface area (Å²) in [5, 5.41) is 11.5. The molecule has 0 amide bonds. The predicted molar refractivity (Wildman–Crippen MR) is 64.2 cm³/mol. The highest BCUT2D eigenvalue weighted by molar-refractivity contribution is 5.77. The number of guanidine groups is 1. The monoisotopic (exact) mass is 230 g/mol. The van der Waals surface area contributed by atoms with Crippen LogP contribution in [0.1, 0.15) is 26.7 Å². The lowest BCUT2D eigenvalue weighted by molar-refractivity contribution is -0.138. The number of hydrogen-bond donors (Lipinski definition) is 4. The van der Waals surface area contributed by atoms with Crippen LogP contribution in [0.25, 0.3) is 0 Å². The molecule has 0 heterocycles. The smallest absolute Gasteiger partial charge is 0.320 e. The highest BCUT2D eigenvalue weighted by atomic mass is 16.4. The molecule has 0 aromatic rings. The molecular weight excluding hydrogens is 208 g/mol. The number of nitrogens with two attached hydrogens (primary N) is 2. The van der Waals surface area contributed by atoms with Crippen molar-refractivity contribution in [2.24, 2.45) is 22.4 Å². The van der Waals surface area contributed by atoms with Gasteiger partial charge in [-0.25, -0.2) is 0 Å². The molecule has 0 aliphatic rings. The third-order valence-electron chi connectivity index (χ3n) is 1.94. The Morgan fingerprint density at radius 2 is 2.12 bits per heavy atom. The molecule has 6 heteroatoms. The van der Waals surface area contributed by atoms with Crippen molar-refractivity contribution in [3.63, 3.8) is 0 Å². The molecule has 0 bridgehead atoms. The van der Waals surface area contributed by atoms with Gasteiger partial charge in [-0.15, -0.1) is 0 Å². The van der Waals surface area contributed by atoms with Crippen LogP contribution >= 0.6 is 0 Å². The number of rotatable bonds is 7. The molecule has 0 saturated carbocycles. The van der Waals surface area contributed by atoms with Gasteiger partial charge in [0.2, 0.25) is 0 Å². The molecule has 0 radical (unpaired) electrons.